The molecule has 1 aliphatic rings. The van der Waals surface area contributed by atoms with Crippen molar-refractivity contribution in [2.24, 2.45) is 5.92 Å². The largest absolute Gasteiger partial charge is 0.370 e. The molecule has 0 atom stereocenters. The van der Waals surface area contributed by atoms with Crippen LogP contribution in [0.25, 0.3) is 0 Å². The quantitative estimate of drug-likeness (QED) is 0.827. The molecule has 2 rings (SSSR count). The van der Waals surface area contributed by atoms with Crippen LogP contribution in [0.4, 0.5) is 11.6 Å². The summed E-state index contributed by atoms with van der Waals surface area (Å²) in [6.45, 7) is 9.83. The van der Waals surface area contributed by atoms with Gasteiger partial charge in [-0.15, -0.1) is 0 Å². The van der Waals surface area contributed by atoms with Crippen LogP contribution in [0.3, 0.4) is 0 Å². The van der Waals surface area contributed by atoms with Crippen molar-refractivity contribution in [3.63, 3.8) is 0 Å². The molecule has 0 unspecified atom stereocenters. The molecular weight excluding hydrogens is 260 g/mol. The summed E-state index contributed by atoms with van der Waals surface area (Å²) >= 11 is 0. The highest BCUT2D eigenvalue weighted by atomic mass is 15.2. The summed E-state index contributed by atoms with van der Waals surface area (Å²) in [7, 11) is 0. The first kappa shape index (κ1) is 16.1. The van der Waals surface area contributed by atoms with Gasteiger partial charge in [-0.1, -0.05) is 33.1 Å². The van der Waals surface area contributed by atoms with Crippen LogP contribution in [0.2, 0.25) is 0 Å². The second-order valence-electron chi connectivity index (χ2n) is 6.02. The number of nitrogens with zero attached hydrogens (tertiary/aromatic N) is 3. The predicted molar refractivity (Wildman–Crippen MR) is 90.0 cm³/mol. The molecule has 1 saturated heterocycles. The van der Waals surface area contributed by atoms with Crippen LogP contribution in [0, 0.1) is 5.92 Å². The molecule has 0 aromatic carbocycles. The summed E-state index contributed by atoms with van der Waals surface area (Å²) in [6, 6.07) is 0. The minimum atomic E-state index is 0.908. The highest BCUT2D eigenvalue weighted by molar-refractivity contribution is 5.59. The molecule has 2 heterocycles. The second kappa shape index (κ2) is 8.20. The Kier molecular flexibility index (Phi) is 6.27. The Labute approximate surface area is 129 Å². The van der Waals surface area contributed by atoms with Gasteiger partial charge in [-0.3, -0.25) is 0 Å². The lowest BCUT2D eigenvalue weighted by atomic mass is 9.92. The summed E-state index contributed by atoms with van der Waals surface area (Å²) < 4.78 is 0. The van der Waals surface area contributed by atoms with Crippen LogP contribution in [-0.2, 0) is 6.42 Å². The van der Waals surface area contributed by atoms with Crippen LogP contribution in [-0.4, -0.2) is 29.6 Å². The highest BCUT2D eigenvalue weighted by Gasteiger charge is 2.22. The van der Waals surface area contributed by atoms with E-state index in [1.165, 1.54) is 31.2 Å². The minimum Gasteiger partial charge on any atom is -0.370 e. The van der Waals surface area contributed by atoms with Gasteiger partial charge in [-0.2, -0.15) is 0 Å². The second-order valence-corrected chi connectivity index (χ2v) is 6.02. The van der Waals surface area contributed by atoms with Gasteiger partial charge in [0.15, 0.2) is 0 Å². The Balaban J connectivity index is 2.13. The van der Waals surface area contributed by atoms with Crippen molar-refractivity contribution in [2.45, 2.75) is 59.3 Å². The van der Waals surface area contributed by atoms with Crippen molar-refractivity contribution in [3.05, 3.63) is 11.9 Å². The fourth-order valence-corrected chi connectivity index (χ4v) is 3.32. The number of piperidine rings is 1. The first-order valence-corrected chi connectivity index (χ1v) is 8.62. The van der Waals surface area contributed by atoms with Gasteiger partial charge in [0.2, 0.25) is 0 Å². The minimum absolute atomic E-state index is 0.908. The molecule has 0 amide bonds. The van der Waals surface area contributed by atoms with Crippen LogP contribution >= 0.6 is 0 Å². The fraction of sp³-hybridized carbons (Fsp3) is 0.765. The van der Waals surface area contributed by atoms with E-state index < -0.39 is 0 Å². The van der Waals surface area contributed by atoms with E-state index in [2.05, 4.69) is 41.0 Å². The SMILES string of the molecule is CCCc1c(NCC)ncnc1N1CCC(CCC)CC1. The number of hydrogen-bond donors (Lipinski definition) is 1. The van der Waals surface area contributed by atoms with Gasteiger partial charge in [0.25, 0.3) is 0 Å². The Bertz CT molecular complexity index is 425. The lowest BCUT2D eigenvalue weighted by Crippen LogP contribution is -2.35. The lowest BCUT2D eigenvalue weighted by molar-refractivity contribution is 0.377. The van der Waals surface area contributed by atoms with Crippen molar-refractivity contribution < 1.29 is 0 Å². The molecule has 118 valence electrons. The third kappa shape index (κ3) is 4.08. The Hall–Kier alpha value is -1.32. The molecule has 21 heavy (non-hydrogen) atoms. The van der Waals surface area contributed by atoms with Gasteiger partial charge in [0, 0.05) is 25.2 Å². The van der Waals surface area contributed by atoms with Gasteiger partial charge >= 0.3 is 0 Å². The smallest absolute Gasteiger partial charge is 0.137 e. The Morgan fingerprint density at radius 3 is 2.52 bits per heavy atom. The molecule has 1 aliphatic heterocycles. The van der Waals surface area contributed by atoms with Crippen molar-refractivity contribution in [3.8, 4) is 0 Å². The number of nitrogens with one attached hydrogen (secondary N) is 1. The summed E-state index contributed by atoms with van der Waals surface area (Å²) in [5.41, 5.74) is 1.30. The Morgan fingerprint density at radius 1 is 1.14 bits per heavy atom. The molecule has 1 N–H and O–H groups in total. The van der Waals surface area contributed by atoms with E-state index in [0.717, 1.165) is 50.0 Å². The molecule has 0 radical (unpaired) electrons. The third-order valence-corrected chi connectivity index (χ3v) is 4.38. The van der Waals surface area contributed by atoms with Gasteiger partial charge in [-0.05, 0) is 32.1 Å². The van der Waals surface area contributed by atoms with E-state index in [-0.39, 0.29) is 0 Å². The molecule has 0 aliphatic carbocycles. The maximum atomic E-state index is 4.61. The summed E-state index contributed by atoms with van der Waals surface area (Å²) in [5.74, 6) is 3.11. The highest BCUT2D eigenvalue weighted by Crippen LogP contribution is 2.30. The topological polar surface area (TPSA) is 41.1 Å². The number of aromatic nitrogens is 2. The zero-order valence-corrected chi connectivity index (χ0v) is 13.9. The van der Waals surface area contributed by atoms with Gasteiger partial charge in [-0.25, -0.2) is 9.97 Å². The molecule has 1 aromatic heterocycles. The Morgan fingerprint density at radius 2 is 1.90 bits per heavy atom. The molecule has 1 aromatic rings. The van der Waals surface area contributed by atoms with E-state index >= 15 is 0 Å². The molecule has 4 heteroatoms. The van der Waals surface area contributed by atoms with E-state index in [1.807, 2.05) is 0 Å². The molecular formula is C17H30N4. The summed E-state index contributed by atoms with van der Waals surface area (Å²) in [5, 5.41) is 3.39. The van der Waals surface area contributed by atoms with Crippen LogP contribution < -0.4 is 10.2 Å². The normalized spacial score (nSPS) is 16.2. The molecule has 4 nitrogen and oxygen atoms in total. The van der Waals surface area contributed by atoms with Crippen molar-refractivity contribution in [1.29, 1.82) is 0 Å². The van der Waals surface area contributed by atoms with Gasteiger partial charge in [0.1, 0.15) is 18.0 Å². The standard InChI is InChI=1S/C17H30N4/c1-4-7-14-9-11-21(12-10-14)17-15(8-5-2)16(18-6-3)19-13-20-17/h13-14H,4-12H2,1-3H3,(H,18,19,20). The summed E-state index contributed by atoms with van der Waals surface area (Å²) in [6.07, 6.45) is 9.19. The molecule has 0 saturated carbocycles. The monoisotopic (exact) mass is 290 g/mol. The van der Waals surface area contributed by atoms with E-state index in [1.54, 1.807) is 6.33 Å². The maximum absolute atomic E-state index is 4.61. The van der Waals surface area contributed by atoms with Crippen molar-refractivity contribution >= 4 is 11.6 Å². The molecule has 1 fully saturated rings. The first-order valence-electron chi connectivity index (χ1n) is 8.62. The van der Waals surface area contributed by atoms with E-state index in [4.69, 9.17) is 0 Å². The van der Waals surface area contributed by atoms with Crippen LogP contribution in [0.5, 0.6) is 0 Å². The average Bonchev–Trinajstić information content (AvgIpc) is 2.51. The fourth-order valence-electron chi connectivity index (χ4n) is 3.32. The number of hydrogen-bond acceptors (Lipinski definition) is 4. The van der Waals surface area contributed by atoms with Crippen LogP contribution in [0.15, 0.2) is 6.33 Å². The predicted octanol–water partition coefficient (Wildman–Crippen LogP) is 3.88. The van der Waals surface area contributed by atoms with E-state index in [0.29, 0.717) is 0 Å². The van der Waals surface area contributed by atoms with Crippen molar-refractivity contribution in [1.82, 2.24) is 9.97 Å². The zero-order chi connectivity index (χ0) is 15.1. The summed E-state index contributed by atoms with van der Waals surface area (Å²) in [4.78, 5) is 11.5. The zero-order valence-electron chi connectivity index (χ0n) is 13.9. The lowest BCUT2D eigenvalue weighted by Gasteiger charge is -2.34. The van der Waals surface area contributed by atoms with Crippen molar-refractivity contribution in [2.75, 3.05) is 29.9 Å². The molecule has 0 spiro atoms. The third-order valence-electron chi connectivity index (χ3n) is 4.38. The van der Waals surface area contributed by atoms with Gasteiger partial charge in [0.05, 0.1) is 0 Å². The molecule has 0 bridgehead atoms. The van der Waals surface area contributed by atoms with E-state index in [9.17, 15) is 0 Å². The number of anilines is 2. The maximum Gasteiger partial charge on any atom is 0.137 e. The number of rotatable bonds is 7. The van der Waals surface area contributed by atoms with Crippen LogP contribution in [0.1, 0.15) is 58.4 Å². The average molecular weight is 290 g/mol. The van der Waals surface area contributed by atoms with Gasteiger partial charge < -0.3 is 10.2 Å². The first-order chi connectivity index (χ1) is 10.3.